The molecule has 0 spiro atoms. The van der Waals surface area contributed by atoms with E-state index in [-0.39, 0.29) is 0 Å². The average molecular weight is 581 g/mol. The minimum atomic E-state index is 0.446. The molecular weight excluding hydrogens is 536 g/mol. The molecule has 0 aliphatic carbocycles. The van der Waals surface area contributed by atoms with Gasteiger partial charge in [0.1, 0.15) is 0 Å². The Morgan fingerprint density at radius 3 is 1.54 bits per heavy atom. The van der Waals surface area contributed by atoms with Gasteiger partial charge in [-0.1, -0.05) is 53.2 Å². The molecule has 0 aliphatic rings. The Labute approximate surface area is 200 Å². The molecule has 0 radical (unpaired) electrons. The van der Waals surface area contributed by atoms with E-state index in [4.69, 9.17) is 0 Å². The van der Waals surface area contributed by atoms with E-state index in [9.17, 15) is 0 Å². The summed E-state index contributed by atoms with van der Waals surface area (Å²) in [5.41, 5.74) is 2.70. The number of rotatable bonds is 9. The number of allylic oxidation sites excluding steroid dienone is 2. The van der Waals surface area contributed by atoms with Gasteiger partial charge in [0, 0.05) is 0 Å². The summed E-state index contributed by atoms with van der Waals surface area (Å²) in [7, 11) is 0.892. The number of aryl methyl sites for hydroxylation is 1. The fraction of sp³-hybridized carbons (Fsp3) is 0.667. The summed E-state index contributed by atoms with van der Waals surface area (Å²) in [6, 6.07) is 11.4. The topological polar surface area (TPSA) is 0 Å². The molecule has 28 heavy (non-hydrogen) atoms. The van der Waals surface area contributed by atoms with E-state index in [2.05, 4.69) is 91.9 Å². The molecule has 4 heteroatoms. The van der Waals surface area contributed by atoms with Crippen molar-refractivity contribution in [3.05, 3.63) is 47.5 Å². The van der Waals surface area contributed by atoms with Crippen molar-refractivity contribution in [2.24, 2.45) is 0 Å². The summed E-state index contributed by atoms with van der Waals surface area (Å²) in [5.74, 6) is 0. The third kappa shape index (κ3) is 25.1. The van der Waals surface area contributed by atoms with Crippen LogP contribution in [0.4, 0.5) is 0 Å². The summed E-state index contributed by atoms with van der Waals surface area (Å²) >= 11 is 5.62. The first-order valence-electron chi connectivity index (χ1n) is 10.6. The monoisotopic (exact) mass is 580 g/mol. The van der Waals surface area contributed by atoms with Crippen LogP contribution in [0.1, 0.15) is 67.4 Å². The van der Waals surface area contributed by atoms with E-state index >= 15 is 0 Å². The van der Waals surface area contributed by atoms with Crippen molar-refractivity contribution in [2.75, 3.05) is 37.0 Å². The molecule has 0 saturated carbocycles. The van der Waals surface area contributed by atoms with Crippen molar-refractivity contribution >= 4 is 36.3 Å². The Kier molecular flexibility index (Phi) is 33.7. The van der Waals surface area contributed by atoms with Gasteiger partial charge in [-0.3, -0.25) is 0 Å². The van der Waals surface area contributed by atoms with E-state index in [1.807, 2.05) is 12.1 Å². The van der Waals surface area contributed by atoms with Gasteiger partial charge >= 0.3 is 32.8 Å². The third-order valence-corrected chi connectivity index (χ3v) is 9.79. The molecule has 1 aromatic rings. The Bertz CT molecular complexity index is 389. The van der Waals surface area contributed by atoms with Crippen LogP contribution in [0.3, 0.4) is 0 Å². The van der Waals surface area contributed by atoms with Gasteiger partial charge in [-0.25, -0.2) is 0 Å². The molecule has 0 bridgehead atoms. The van der Waals surface area contributed by atoms with Crippen molar-refractivity contribution in [1.29, 1.82) is 0 Å². The molecule has 0 N–H and O–H groups in total. The van der Waals surface area contributed by atoms with E-state index in [1.54, 1.807) is 20.5 Å². The second-order valence-electron chi connectivity index (χ2n) is 6.45. The molecule has 0 saturated heterocycles. The van der Waals surface area contributed by atoms with E-state index < -0.39 is 0 Å². The molecule has 0 atom stereocenters. The zero-order valence-electron chi connectivity index (χ0n) is 19.6. The first-order valence-corrected chi connectivity index (χ1v) is 17.6. The van der Waals surface area contributed by atoms with Crippen LogP contribution < -0.4 is 0 Å². The van der Waals surface area contributed by atoms with Crippen LogP contribution in [-0.4, -0.2) is 37.0 Å². The van der Waals surface area contributed by atoms with E-state index in [0.717, 1.165) is 12.8 Å². The average Bonchev–Trinajstić information content (AvgIpc) is 2.74. The van der Waals surface area contributed by atoms with E-state index in [1.165, 1.54) is 48.1 Å². The summed E-state index contributed by atoms with van der Waals surface area (Å²) in [6.45, 7) is 18.0. The van der Waals surface area contributed by atoms with Crippen LogP contribution in [0.2, 0.25) is 0 Å². The zero-order chi connectivity index (χ0) is 22.2. The van der Waals surface area contributed by atoms with Gasteiger partial charge in [0.05, 0.1) is 0 Å². The summed E-state index contributed by atoms with van der Waals surface area (Å²) in [6.07, 6.45) is 13.0. The van der Waals surface area contributed by atoms with Gasteiger partial charge < -0.3 is 0 Å². The molecule has 0 aromatic heterocycles. The van der Waals surface area contributed by atoms with Gasteiger partial charge in [0.15, 0.2) is 0 Å². The molecule has 1 rings (SSSR count). The molecule has 1 aromatic carbocycles. The standard InChI is InChI=1S/C12H15.2C6H15P.HI.Ni/c1-11(2)7-6-10-12-8-4-3-5-9-12;2*1-4-7(5-2)6-3;;/h3-5,7-8H,6,10H2,1-2H3;2*4-6H2,1-3H3;1H;/q-1;;;;+1/p-1. The number of benzene rings is 1. The predicted octanol–water partition coefficient (Wildman–Crippen LogP) is 9.32. The fourth-order valence-corrected chi connectivity index (χ4v) is 5.13. The van der Waals surface area contributed by atoms with Gasteiger partial charge in [-0.15, -0.1) is 15.8 Å². The van der Waals surface area contributed by atoms with Crippen molar-refractivity contribution in [2.45, 2.75) is 68.2 Å². The molecule has 0 fully saturated rings. The molecule has 0 heterocycles. The third-order valence-electron chi connectivity index (χ3n) is 4.42. The molecule has 0 aliphatic heterocycles. The molecule has 0 unspecified atom stereocenters. The van der Waals surface area contributed by atoms with Gasteiger partial charge in [0.2, 0.25) is 0 Å². The normalized spacial score (nSPS) is 9.46. The SMILES string of the molecule is CC(C)=CCCc1[c-]cccc1.CCP(CC)CC.CCP(CC)CC.[Ni][I]. The molecule has 169 valence electrons. The van der Waals surface area contributed by atoms with Crippen molar-refractivity contribution < 1.29 is 12.3 Å². The second kappa shape index (κ2) is 28.0. The molecule has 0 amide bonds. The quantitative estimate of drug-likeness (QED) is 0.0897. The van der Waals surface area contributed by atoms with Crippen LogP contribution in [0.5, 0.6) is 0 Å². The second-order valence-corrected chi connectivity index (χ2v) is 12.9. The van der Waals surface area contributed by atoms with Crippen LogP contribution in [0.25, 0.3) is 0 Å². The summed E-state index contributed by atoms with van der Waals surface area (Å²) < 4.78 is 0. The minimum absolute atomic E-state index is 0.446. The van der Waals surface area contributed by atoms with Gasteiger partial charge in [0.25, 0.3) is 0 Å². The van der Waals surface area contributed by atoms with Crippen LogP contribution in [0, 0.1) is 6.07 Å². The number of hydrogen-bond donors (Lipinski definition) is 0. The summed E-state index contributed by atoms with van der Waals surface area (Å²) in [5, 5.41) is 0. The number of hydrogen-bond acceptors (Lipinski definition) is 0. The van der Waals surface area contributed by atoms with Crippen LogP contribution in [-0.2, 0) is 18.7 Å². The Morgan fingerprint density at radius 2 is 1.29 bits per heavy atom. The first-order chi connectivity index (χ1) is 13.5. The van der Waals surface area contributed by atoms with Crippen LogP contribution >= 0.6 is 36.3 Å². The maximum atomic E-state index is 3.84. The fourth-order valence-electron chi connectivity index (χ4n) is 2.44. The molecule has 0 nitrogen and oxygen atoms in total. The first kappa shape index (κ1) is 33.7. The van der Waals surface area contributed by atoms with Crippen molar-refractivity contribution in [3.8, 4) is 0 Å². The Morgan fingerprint density at radius 1 is 0.857 bits per heavy atom. The summed E-state index contributed by atoms with van der Waals surface area (Å²) in [4.78, 5) is 0. The maximum absolute atomic E-state index is 3.84. The Hall–Kier alpha value is 1.04. The molecular formula is C24H45INiP2-. The van der Waals surface area contributed by atoms with Crippen molar-refractivity contribution in [1.82, 2.24) is 0 Å². The Balaban J connectivity index is -0.000000340. The number of halogens is 1. The van der Waals surface area contributed by atoms with Crippen molar-refractivity contribution in [3.63, 3.8) is 0 Å². The van der Waals surface area contributed by atoms with E-state index in [0.29, 0.717) is 15.8 Å². The zero-order valence-corrected chi connectivity index (χ0v) is 24.6. The van der Waals surface area contributed by atoms with Crippen LogP contribution in [0.15, 0.2) is 35.9 Å². The van der Waals surface area contributed by atoms with Gasteiger partial charge in [-0.05, 0) is 63.7 Å². The predicted molar refractivity (Wildman–Crippen MR) is 144 cm³/mol. The van der Waals surface area contributed by atoms with Gasteiger partial charge in [-0.2, -0.15) is 35.9 Å².